The van der Waals surface area contributed by atoms with Gasteiger partial charge in [-0.2, -0.15) is 5.26 Å². The van der Waals surface area contributed by atoms with Crippen LogP contribution in [0.3, 0.4) is 0 Å². The molecule has 0 aromatic heterocycles. The van der Waals surface area contributed by atoms with Crippen molar-refractivity contribution in [2.45, 2.75) is 6.61 Å². The van der Waals surface area contributed by atoms with E-state index in [4.69, 9.17) is 21.1 Å². The van der Waals surface area contributed by atoms with Gasteiger partial charge in [0.2, 0.25) is 0 Å². The van der Waals surface area contributed by atoms with E-state index in [2.05, 4.69) is 0 Å². The zero-order chi connectivity index (χ0) is 14.5. The molecule has 0 saturated heterocycles. The molecule has 0 unspecified atom stereocenters. The fraction of sp³-hybridized carbons (Fsp3) is 0.0667. The van der Waals surface area contributed by atoms with Crippen LogP contribution in [0.2, 0.25) is 0 Å². The van der Waals surface area contributed by atoms with Crippen LogP contribution in [0.15, 0.2) is 42.5 Å². The van der Waals surface area contributed by atoms with E-state index in [9.17, 15) is 4.39 Å². The molecule has 0 aliphatic carbocycles. The smallest absolute Gasteiger partial charge is 0.151 e. The van der Waals surface area contributed by atoms with E-state index in [-0.39, 0.29) is 29.3 Å². The monoisotopic (exact) mass is 269 g/mol. The molecule has 0 radical (unpaired) electrons. The first kappa shape index (κ1) is 13.6. The van der Waals surface area contributed by atoms with Gasteiger partial charge in [0.1, 0.15) is 29.9 Å². The molecule has 0 aliphatic heterocycles. The number of nitrogens with two attached hydrogens (primary N) is 1. The summed E-state index contributed by atoms with van der Waals surface area (Å²) in [6.07, 6.45) is 0. The summed E-state index contributed by atoms with van der Waals surface area (Å²) in [6, 6.07) is 13.4. The minimum absolute atomic E-state index is 0.00357. The number of ether oxygens (including phenoxy) is 1. The number of nitrogens with one attached hydrogen (secondary N) is 1. The van der Waals surface area contributed by atoms with E-state index in [1.165, 1.54) is 6.07 Å². The van der Waals surface area contributed by atoms with Gasteiger partial charge in [-0.15, -0.1) is 0 Å². The number of hydrogen-bond donors (Lipinski definition) is 2. The summed E-state index contributed by atoms with van der Waals surface area (Å²) in [6.45, 7) is 0.166. The van der Waals surface area contributed by atoms with Crippen LogP contribution in [-0.4, -0.2) is 5.84 Å². The Balaban J connectivity index is 2.37. The molecule has 4 nitrogen and oxygen atoms in total. The molecular formula is C15H12FN3O. The SMILES string of the molecule is N#Cc1c(F)ccc(C(=N)N)c1OCc1ccccc1. The summed E-state index contributed by atoms with van der Waals surface area (Å²) in [7, 11) is 0. The van der Waals surface area contributed by atoms with Crippen LogP contribution < -0.4 is 10.5 Å². The van der Waals surface area contributed by atoms with Gasteiger partial charge in [-0.25, -0.2) is 4.39 Å². The van der Waals surface area contributed by atoms with Crippen molar-refractivity contribution in [2.24, 2.45) is 5.73 Å². The maximum absolute atomic E-state index is 13.6. The third-order valence-corrected chi connectivity index (χ3v) is 2.73. The molecule has 2 rings (SSSR count). The van der Waals surface area contributed by atoms with Crippen molar-refractivity contribution in [2.75, 3.05) is 0 Å². The summed E-state index contributed by atoms with van der Waals surface area (Å²) < 4.78 is 19.1. The molecular weight excluding hydrogens is 257 g/mol. The third kappa shape index (κ3) is 2.75. The van der Waals surface area contributed by atoms with Gasteiger partial charge in [-0.3, -0.25) is 5.41 Å². The van der Waals surface area contributed by atoms with Gasteiger partial charge in [-0.1, -0.05) is 30.3 Å². The van der Waals surface area contributed by atoms with Crippen LogP contribution >= 0.6 is 0 Å². The Kier molecular flexibility index (Phi) is 3.96. The van der Waals surface area contributed by atoms with Crippen molar-refractivity contribution in [3.8, 4) is 11.8 Å². The summed E-state index contributed by atoms with van der Waals surface area (Å²) >= 11 is 0. The third-order valence-electron chi connectivity index (χ3n) is 2.73. The Morgan fingerprint density at radius 3 is 2.55 bits per heavy atom. The first-order chi connectivity index (χ1) is 9.63. The second-order valence-corrected chi connectivity index (χ2v) is 4.10. The lowest BCUT2D eigenvalue weighted by atomic mass is 10.1. The number of hydrogen-bond acceptors (Lipinski definition) is 3. The minimum atomic E-state index is -0.694. The Morgan fingerprint density at radius 2 is 1.95 bits per heavy atom. The van der Waals surface area contributed by atoms with Gasteiger partial charge in [-0.05, 0) is 17.7 Å². The highest BCUT2D eigenvalue weighted by Gasteiger charge is 2.16. The first-order valence-electron chi connectivity index (χ1n) is 5.87. The zero-order valence-corrected chi connectivity index (χ0v) is 10.6. The number of nitrogen functional groups attached to an aromatic ring is 1. The highest BCUT2D eigenvalue weighted by molar-refractivity contribution is 5.98. The number of benzene rings is 2. The minimum Gasteiger partial charge on any atom is -0.487 e. The second kappa shape index (κ2) is 5.85. The van der Waals surface area contributed by atoms with Crippen molar-refractivity contribution in [3.05, 3.63) is 65.0 Å². The normalized spacial score (nSPS) is 9.80. The van der Waals surface area contributed by atoms with Crippen LogP contribution in [0.4, 0.5) is 4.39 Å². The topological polar surface area (TPSA) is 82.9 Å². The lowest BCUT2D eigenvalue weighted by molar-refractivity contribution is 0.303. The fourth-order valence-electron chi connectivity index (χ4n) is 1.75. The van der Waals surface area contributed by atoms with Gasteiger partial charge >= 0.3 is 0 Å². The van der Waals surface area contributed by atoms with Crippen molar-refractivity contribution >= 4 is 5.84 Å². The molecule has 2 aromatic rings. The molecule has 0 saturated carbocycles. The molecule has 0 heterocycles. The van der Waals surface area contributed by atoms with E-state index in [1.54, 1.807) is 6.07 Å². The molecule has 0 spiro atoms. The molecule has 5 heteroatoms. The highest BCUT2D eigenvalue weighted by Crippen LogP contribution is 2.26. The Morgan fingerprint density at radius 1 is 1.25 bits per heavy atom. The highest BCUT2D eigenvalue weighted by atomic mass is 19.1. The molecule has 2 aromatic carbocycles. The van der Waals surface area contributed by atoms with Crippen molar-refractivity contribution < 1.29 is 9.13 Å². The molecule has 0 fully saturated rings. The van der Waals surface area contributed by atoms with Crippen LogP contribution in [0.25, 0.3) is 0 Å². The predicted molar refractivity (Wildman–Crippen MR) is 72.9 cm³/mol. The van der Waals surface area contributed by atoms with Crippen molar-refractivity contribution in [1.29, 1.82) is 10.7 Å². The number of rotatable bonds is 4. The Labute approximate surface area is 115 Å². The lowest BCUT2D eigenvalue weighted by Gasteiger charge is -2.12. The molecule has 0 amide bonds. The average molecular weight is 269 g/mol. The molecule has 0 atom stereocenters. The number of halogens is 1. The van der Waals surface area contributed by atoms with Gasteiger partial charge in [0.05, 0.1) is 5.56 Å². The lowest BCUT2D eigenvalue weighted by Crippen LogP contribution is -2.14. The Bertz CT molecular complexity index is 678. The van der Waals surface area contributed by atoms with E-state index in [0.717, 1.165) is 11.6 Å². The average Bonchev–Trinajstić information content (AvgIpc) is 2.45. The maximum atomic E-state index is 13.6. The van der Waals surface area contributed by atoms with Crippen LogP contribution in [-0.2, 0) is 6.61 Å². The van der Waals surface area contributed by atoms with Gasteiger partial charge in [0.25, 0.3) is 0 Å². The molecule has 3 N–H and O–H groups in total. The largest absolute Gasteiger partial charge is 0.487 e. The maximum Gasteiger partial charge on any atom is 0.151 e. The summed E-state index contributed by atoms with van der Waals surface area (Å²) in [5.41, 5.74) is 6.26. The molecule has 0 aliphatic rings. The standard InChI is InChI=1S/C15H12FN3O/c16-13-7-6-11(15(18)19)14(12(13)8-17)20-9-10-4-2-1-3-5-10/h1-7H,9H2,(H3,18,19). The van der Waals surface area contributed by atoms with Crippen LogP contribution in [0.1, 0.15) is 16.7 Å². The number of amidine groups is 1. The van der Waals surface area contributed by atoms with Crippen LogP contribution in [0.5, 0.6) is 5.75 Å². The van der Waals surface area contributed by atoms with Crippen LogP contribution in [0, 0.1) is 22.6 Å². The first-order valence-corrected chi connectivity index (χ1v) is 5.87. The molecule has 20 heavy (non-hydrogen) atoms. The summed E-state index contributed by atoms with van der Waals surface area (Å²) in [4.78, 5) is 0. The van der Waals surface area contributed by atoms with E-state index in [1.807, 2.05) is 30.3 Å². The van der Waals surface area contributed by atoms with Crippen molar-refractivity contribution in [3.63, 3.8) is 0 Å². The van der Waals surface area contributed by atoms with Crippen molar-refractivity contribution in [1.82, 2.24) is 0 Å². The summed E-state index contributed by atoms with van der Waals surface area (Å²) in [5, 5.41) is 16.5. The molecule has 100 valence electrons. The predicted octanol–water partition coefficient (Wildman–Crippen LogP) is 2.56. The van der Waals surface area contributed by atoms with Gasteiger partial charge < -0.3 is 10.5 Å². The molecule has 0 bridgehead atoms. The van der Waals surface area contributed by atoms with E-state index >= 15 is 0 Å². The fourth-order valence-corrected chi connectivity index (χ4v) is 1.75. The second-order valence-electron chi connectivity index (χ2n) is 4.10. The Hall–Kier alpha value is -2.87. The number of nitrogens with zero attached hydrogens (tertiary/aromatic N) is 1. The van der Waals surface area contributed by atoms with Gasteiger partial charge in [0, 0.05) is 0 Å². The quantitative estimate of drug-likeness (QED) is 0.661. The van der Waals surface area contributed by atoms with E-state index < -0.39 is 5.82 Å². The number of nitriles is 1. The summed E-state index contributed by atoms with van der Waals surface area (Å²) in [5.74, 6) is -0.964. The van der Waals surface area contributed by atoms with Gasteiger partial charge in [0.15, 0.2) is 5.75 Å². The zero-order valence-electron chi connectivity index (χ0n) is 10.6. The van der Waals surface area contributed by atoms with E-state index in [0.29, 0.717) is 0 Å².